The van der Waals surface area contributed by atoms with Crippen molar-refractivity contribution in [1.82, 2.24) is 10.2 Å². The predicted molar refractivity (Wildman–Crippen MR) is 72.4 cm³/mol. The molecule has 1 unspecified atom stereocenters. The number of hydrogen-bond acceptors (Lipinski definition) is 3. The van der Waals surface area contributed by atoms with Crippen LogP contribution in [-0.4, -0.2) is 49.5 Å². The molecule has 0 fully saturated rings. The first-order valence-electron chi connectivity index (χ1n) is 6.68. The van der Waals surface area contributed by atoms with E-state index >= 15 is 0 Å². The van der Waals surface area contributed by atoms with E-state index < -0.39 is 12.7 Å². The fraction of sp³-hybridized carbons (Fsp3) is 0.571. The first kappa shape index (κ1) is 17.9. The second-order valence-corrected chi connectivity index (χ2v) is 4.80. The molecule has 7 heteroatoms. The SMILES string of the molecule is CNC(CCN(CCO)CC(F)(F)F)c1cccc(F)c1. The number of alkyl halides is 3. The van der Waals surface area contributed by atoms with Crippen LogP contribution in [0.3, 0.4) is 0 Å². The lowest BCUT2D eigenvalue weighted by Crippen LogP contribution is -2.38. The summed E-state index contributed by atoms with van der Waals surface area (Å²) in [6.45, 7) is -1.28. The van der Waals surface area contributed by atoms with Crippen LogP contribution in [-0.2, 0) is 0 Å². The van der Waals surface area contributed by atoms with Gasteiger partial charge in [-0.2, -0.15) is 13.2 Å². The van der Waals surface area contributed by atoms with Crippen molar-refractivity contribution in [2.45, 2.75) is 18.6 Å². The van der Waals surface area contributed by atoms with Gasteiger partial charge in [0.05, 0.1) is 13.2 Å². The highest BCUT2D eigenvalue weighted by Gasteiger charge is 2.30. The van der Waals surface area contributed by atoms with Gasteiger partial charge in [-0.05, 0) is 31.2 Å². The Morgan fingerprint density at radius 1 is 1.29 bits per heavy atom. The molecular formula is C14H20F4N2O. The van der Waals surface area contributed by atoms with E-state index in [1.54, 1.807) is 19.2 Å². The molecule has 0 heterocycles. The fourth-order valence-corrected chi connectivity index (χ4v) is 2.18. The smallest absolute Gasteiger partial charge is 0.395 e. The zero-order chi connectivity index (χ0) is 15.9. The average Bonchev–Trinajstić information content (AvgIpc) is 2.38. The molecule has 0 spiro atoms. The molecule has 2 N–H and O–H groups in total. The van der Waals surface area contributed by atoms with Gasteiger partial charge < -0.3 is 10.4 Å². The molecule has 120 valence electrons. The van der Waals surface area contributed by atoms with Gasteiger partial charge in [0.25, 0.3) is 0 Å². The number of nitrogens with zero attached hydrogens (tertiary/aromatic N) is 1. The summed E-state index contributed by atoms with van der Waals surface area (Å²) in [4.78, 5) is 1.14. The normalized spacial score (nSPS) is 13.7. The van der Waals surface area contributed by atoms with Gasteiger partial charge >= 0.3 is 6.18 Å². The number of benzene rings is 1. The molecule has 0 saturated heterocycles. The Morgan fingerprint density at radius 2 is 2.00 bits per heavy atom. The number of rotatable bonds is 8. The first-order valence-corrected chi connectivity index (χ1v) is 6.68. The van der Waals surface area contributed by atoms with E-state index in [4.69, 9.17) is 5.11 Å². The van der Waals surface area contributed by atoms with Crippen molar-refractivity contribution in [2.24, 2.45) is 0 Å². The Bertz CT molecular complexity index is 426. The van der Waals surface area contributed by atoms with Gasteiger partial charge in [0.1, 0.15) is 5.82 Å². The van der Waals surface area contributed by atoms with Gasteiger partial charge in [-0.1, -0.05) is 12.1 Å². The van der Waals surface area contributed by atoms with Crippen molar-refractivity contribution in [1.29, 1.82) is 0 Å². The van der Waals surface area contributed by atoms with Crippen LogP contribution in [0, 0.1) is 5.82 Å². The Balaban J connectivity index is 2.63. The third kappa shape index (κ3) is 6.88. The van der Waals surface area contributed by atoms with Crippen molar-refractivity contribution in [3.63, 3.8) is 0 Å². The summed E-state index contributed by atoms with van der Waals surface area (Å²) in [7, 11) is 1.68. The number of hydrogen-bond donors (Lipinski definition) is 2. The molecular weight excluding hydrogens is 288 g/mol. The molecule has 0 aliphatic carbocycles. The van der Waals surface area contributed by atoms with Gasteiger partial charge in [0, 0.05) is 19.1 Å². The Kier molecular flexibility index (Phi) is 7.07. The second-order valence-electron chi connectivity index (χ2n) is 4.80. The highest BCUT2D eigenvalue weighted by Crippen LogP contribution is 2.20. The number of aliphatic hydroxyl groups excluding tert-OH is 1. The van der Waals surface area contributed by atoms with Crippen LogP contribution in [0.1, 0.15) is 18.0 Å². The lowest BCUT2D eigenvalue weighted by molar-refractivity contribution is -0.147. The van der Waals surface area contributed by atoms with Crippen molar-refractivity contribution in [2.75, 3.05) is 33.3 Å². The van der Waals surface area contributed by atoms with E-state index in [1.807, 2.05) is 0 Å². The van der Waals surface area contributed by atoms with Gasteiger partial charge in [-0.3, -0.25) is 4.90 Å². The number of aliphatic hydroxyl groups is 1. The molecule has 0 amide bonds. The van der Waals surface area contributed by atoms with Crippen LogP contribution in [0.15, 0.2) is 24.3 Å². The molecule has 3 nitrogen and oxygen atoms in total. The molecule has 0 radical (unpaired) electrons. The van der Waals surface area contributed by atoms with E-state index in [2.05, 4.69) is 5.32 Å². The lowest BCUT2D eigenvalue weighted by Gasteiger charge is -2.25. The molecule has 0 aromatic heterocycles. The molecule has 1 atom stereocenters. The van der Waals surface area contributed by atoms with Crippen LogP contribution in [0.2, 0.25) is 0 Å². The average molecular weight is 308 g/mol. The minimum Gasteiger partial charge on any atom is -0.395 e. The summed E-state index contributed by atoms with van der Waals surface area (Å²) in [6.07, 6.45) is -3.92. The minimum absolute atomic E-state index is 0.0426. The summed E-state index contributed by atoms with van der Waals surface area (Å²) in [6, 6.07) is 5.73. The largest absolute Gasteiger partial charge is 0.401 e. The molecule has 1 rings (SSSR count). The first-order chi connectivity index (χ1) is 9.85. The lowest BCUT2D eigenvalue weighted by atomic mass is 10.0. The zero-order valence-electron chi connectivity index (χ0n) is 11.8. The predicted octanol–water partition coefficient (Wildman–Crippen LogP) is 2.33. The quantitative estimate of drug-likeness (QED) is 0.724. The molecule has 0 aliphatic rings. The highest BCUT2D eigenvalue weighted by molar-refractivity contribution is 5.20. The Hall–Kier alpha value is -1.18. The minimum atomic E-state index is -4.30. The third-order valence-corrected chi connectivity index (χ3v) is 3.15. The highest BCUT2D eigenvalue weighted by atomic mass is 19.4. The van der Waals surface area contributed by atoms with Crippen LogP contribution in [0.25, 0.3) is 0 Å². The van der Waals surface area contributed by atoms with E-state index in [0.717, 1.165) is 4.90 Å². The van der Waals surface area contributed by atoms with Crippen molar-refractivity contribution in [3.05, 3.63) is 35.6 Å². The topological polar surface area (TPSA) is 35.5 Å². The maximum absolute atomic E-state index is 13.2. The van der Waals surface area contributed by atoms with Crippen molar-refractivity contribution >= 4 is 0 Å². The maximum atomic E-state index is 13.2. The second kappa shape index (κ2) is 8.31. The standard InChI is InChI=1S/C14H20F4N2O/c1-19-13(11-3-2-4-12(15)9-11)5-6-20(7-8-21)10-14(16,17)18/h2-4,9,13,19,21H,5-8,10H2,1H3. The Labute approximate surface area is 121 Å². The summed E-state index contributed by atoms with van der Waals surface area (Å²) in [5, 5.41) is 11.8. The maximum Gasteiger partial charge on any atom is 0.401 e. The molecule has 0 aliphatic heterocycles. The third-order valence-electron chi connectivity index (χ3n) is 3.15. The van der Waals surface area contributed by atoms with Crippen LogP contribution in [0.4, 0.5) is 17.6 Å². The van der Waals surface area contributed by atoms with E-state index in [9.17, 15) is 17.6 Å². The van der Waals surface area contributed by atoms with Gasteiger partial charge in [0.15, 0.2) is 0 Å². The van der Waals surface area contributed by atoms with E-state index in [0.29, 0.717) is 12.0 Å². The fourth-order valence-electron chi connectivity index (χ4n) is 2.18. The monoisotopic (exact) mass is 308 g/mol. The van der Waals surface area contributed by atoms with Crippen molar-refractivity contribution in [3.8, 4) is 0 Å². The van der Waals surface area contributed by atoms with Crippen molar-refractivity contribution < 1.29 is 22.7 Å². The Morgan fingerprint density at radius 3 is 2.52 bits per heavy atom. The summed E-state index contributed by atoms with van der Waals surface area (Å²) < 4.78 is 50.5. The van der Waals surface area contributed by atoms with E-state index in [-0.39, 0.29) is 31.6 Å². The number of halogens is 4. The van der Waals surface area contributed by atoms with Crippen LogP contribution in [0.5, 0.6) is 0 Å². The van der Waals surface area contributed by atoms with Crippen LogP contribution < -0.4 is 5.32 Å². The van der Waals surface area contributed by atoms with E-state index in [1.165, 1.54) is 12.1 Å². The number of nitrogens with one attached hydrogen (secondary N) is 1. The molecule has 0 bridgehead atoms. The van der Waals surface area contributed by atoms with Gasteiger partial charge in [0.2, 0.25) is 0 Å². The zero-order valence-corrected chi connectivity index (χ0v) is 11.8. The molecule has 1 aromatic rings. The summed E-state index contributed by atoms with van der Waals surface area (Å²) in [5.74, 6) is -0.379. The van der Waals surface area contributed by atoms with Gasteiger partial charge in [-0.15, -0.1) is 0 Å². The molecule has 21 heavy (non-hydrogen) atoms. The molecule has 1 aromatic carbocycles. The van der Waals surface area contributed by atoms with Crippen LogP contribution >= 0.6 is 0 Å². The summed E-state index contributed by atoms with van der Waals surface area (Å²) >= 11 is 0. The molecule has 0 saturated carbocycles. The van der Waals surface area contributed by atoms with Gasteiger partial charge in [-0.25, -0.2) is 4.39 Å². The summed E-state index contributed by atoms with van der Waals surface area (Å²) in [5.41, 5.74) is 0.688.